The molecule has 0 aliphatic carbocycles. The number of amides is 1. The summed E-state index contributed by atoms with van der Waals surface area (Å²) in [5, 5.41) is 6.70. The van der Waals surface area contributed by atoms with Gasteiger partial charge in [0.2, 0.25) is 0 Å². The molecule has 2 atom stereocenters. The van der Waals surface area contributed by atoms with Crippen molar-refractivity contribution < 1.29 is 22.8 Å². The van der Waals surface area contributed by atoms with Crippen molar-refractivity contribution in [3.8, 4) is 0 Å². The van der Waals surface area contributed by atoms with Crippen LogP contribution in [0.15, 0.2) is 41.6 Å². The third-order valence-electron chi connectivity index (χ3n) is 5.18. The van der Waals surface area contributed by atoms with Crippen LogP contribution in [0.3, 0.4) is 0 Å². The summed E-state index contributed by atoms with van der Waals surface area (Å²) in [5.74, 6) is -0.235. The van der Waals surface area contributed by atoms with Gasteiger partial charge in [0, 0.05) is 33.3 Å². The van der Waals surface area contributed by atoms with Gasteiger partial charge in [-0.05, 0) is 49.2 Å². The maximum atomic E-state index is 14.3. The largest absolute Gasteiger partial charge is 0.436 e. The molecule has 0 spiro atoms. The molecular formula is C22H20BrCl2F3N2O2. The first-order chi connectivity index (χ1) is 15.0. The molecule has 3 rings (SSSR count). The van der Waals surface area contributed by atoms with Gasteiger partial charge in [0.1, 0.15) is 10.5 Å². The number of benzene rings is 2. The van der Waals surface area contributed by atoms with Crippen molar-refractivity contribution >= 4 is 50.8 Å². The predicted octanol–water partition coefficient (Wildman–Crippen LogP) is 6.79. The molecule has 1 N–H and O–H groups in total. The fourth-order valence-electron chi connectivity index (χ4n) is 3.48. The van der Waals surface area contributed by atoms with Gasteiger partial charge in [-0.1, -0.05) is 63.7 Å². The molecule has 172 valence electrons. The van der Waals surface area contributed by atoms with Crippen LogP contribution in [0.1, 0.15) is 46.8 Å². The fraction of sp³-hybridized carbons (Fsp3) is 0.364. The third-order valence-corrected chi connectivity index (χ3v) is 6.70. The monoisotopic (exact) mass is 550 g/mol. The Hall–Kier alpha value is -1.77. The van der Waals surface area contributed by atoms with E-state index in [2.05, 4.69) is 26.4 Å². The topological polar surface area (TPSA) is 50.7 Å². The summed E-state index contributed by atoms with van der Waals surface area (Å²) in [5.41, 5.74) is -1.60. The highest BCUT2D eigenvalue weighted by atomic mass is 79.9. The zero-order valence-electron chi connectivity index (χ0n) is 17.2. The minimum atomic E-state index is -4.84. The van der Waals surface area contributed by atoms with Gasteiger partial charge in [-0.15, -0.1) is 0 Å². The maximum absolute atomic E-state index is 14.3. The Morgan fingerprint density at radius 3 is 2.44 bits per heavy atom. The molecule has 1 aliphatic heterocycles. The highest BCUT2D eigenvalue weighted by Crippen LogP contribution is 2.52. The van der Waals surface area contributed by atoms with E-state index in [4.69, 9.17) is 28.0 Å². The molecule has 2 unspecified atom stereocenters. The summed E-state index contributed by atoms with van der Waals surface area (Å²) in [6, 6.07) is 8.38. The number of halogens is 6. The van der Waals surface area contributed by atoms with Crippen molar-refractivity contribution in [3.63, 3.8) is 0 Å². The van der Waals surface area contributed by atoms with Crippen molar-refractivity contribution in [2.45, 2.75) is 43.3 Å². The van der Waals surface area contributed by atoms with Crippen molar-refractivity contribution in [2.75, 3.05) is 6.54 Å². The second-order valence-corrected chi connectivity index (χ2v) is 9.25. The molecule has 1 heterocycles. The normalized spacial score (nSPS) is 20.6. The number of nitrogens with zero attached hydrogens (tertiary/aromatic N) is 1. The standard InChI is InChI=1S/C22H20BrCl2F3N2O2/c1-3-4-7-29-20(31)17-6-5-13(8-12(17)2)18-19(23)21(32-30-18,22(26,27)28)14-9-15(24)11-16(25)10-14/h5-6,8-11,19H,3-4,7H2,1-2H3,(H,29,31). The van der Waals surface area contributed by atoms with Crippen LogP contribution in [-0.2, 0) is 10.4 Å². The lowest BCUT2D eigenvalue weighted by Crippen LogP contribution is -2.50. The number of nitrogens with one attached hydrogen (secondary N) is 1. The highest BCUT2D eigenvalue weighted by molar-refractivity contribution is 9.10. The number of carbonyl (C=O) groups is 1. The van der Waals surface area contributed by atoms with Gasteiger partial charge in [-0.3, -0.25) is 4.79 Å². The zero-order valence-corrected chi connectivity index (χ0v) is 20.3. The van der Waals surface area contributed by atoms with Gasteiger partial charge < -0.3 is 10.2 Å². The lowest BCUT2D eigenvalue weighted by Gasteiger charge is -2.33. The van der Waals surface area contributed by atoms with Gasteiger partial charge in [0.15, 0.2) is 0 Å². The van der Waals surface area contributed by atoms with E-state index in [-0.39, 0.29) is 27.2 Å². The van der Waals surface area contributed by atoms with Gasteiger partial charge in [0.25, 0.3) is 11.5 Å². The summed E-state index contributed by atoms with van der Waals surface area (Å²) in [4.78, 5) is 16.1. The molecule has 0 bridgehead atoms. The molecule has 2 aromatic carbocycles. The average Bonchev–Trinajstić information content (AvgIpc) is 3.05. The number of carbonyl (C=O) groups excluding carboxylic acids is 1. The van der Waals surface area contributed by atoms with E-state index in [0.29, 0.717) is 23.2 Å². The molecular weight excluding hydrogens is 532 g/mol. The number of unbranched alkanes of at least 4 members (excludes halogenated alkanes) is 1. The van der Waals surface area contributed by atoms with Crippen LogP contribution in [0, 0.1) is 6.92 Å². The minimum Gasteiger partial charge on any atom is -0.373 e. The van der Waals surface area contributed by atoms with Gasteiger partial charge in [-0.2, -0.15) is 13.2 Å². The molecule has 32 heavy (non-hydrogen) atoms. The molecule has 0 fully saturated rings. The number of hydrogen-bond acceptors (Lipinski definition) is 3. The molecule has 0 saturated carbocycles. The fourth-order valence-corrected chi connectivity index (χ4v) is 4.96. The lowest BCUT2D eigenvalue weighted by atomic mass is 9.86. The molecule has 0 aromatic heterocycles. The number of hydrogen-bond donors (Lipinski definition) is 1. The first-order valence-electron chi connectivity index (χ1n) is 9.84. The summed E-state index contributed by atoms with van der Waals surface area (Å²) in [7, 11) is 0. The SMILES string of the molecule is CCCCNC(=O)c1ccc(C2=NOC(c3cc(Cl)cc(Cl)c3)(C(F)(F)F)C2Br)cc1C. The molecule has 1 amide bonds. The van der Waals surface area contributed by atoms with Gasteiger partial charge >= 0.3 is 6.18 Å². The number of alkyl halides is 4. The Kier molecular flexibility index (Phi) is 7.47. The Labute approximate surface area is 202 Å². The van der Waals surface area contributed by atoms with Crippen LogP contribution in [-0.4, -0.2) is 29.2 Å². The third kappa shape index (κ3) is 4.63. The quantitative estimate of drug-likeness (QED) is 0.317. The lowest BCUT2D eigenvalue weighted by molar-refractivity contribution is -0.273. The van der Waals surface area contributed by atoms with Crippen LogP contribution < -0.4 is 5.32 Å². The van der Waals surface area contributed by atoms with E-state index in [1.54, 1.807) is 25.1 Å². The maximum Gasteiger partial charge on any atom is 0.436 e. The molecule has 0 saturated heterocycles. The van der Waals surface area contributed by atoms with E-state index < -0.39 is 16.6 Å². The molecule has 0 radical (unpaired) electrons. The van der Waals surface area contributed by atoms with E-state index in [1.165, 1.54) is 6.07 Å². The van der Waals surface area contributed by atoms with Gasteiger partial charge in [-0.25, -0.2) is 0 Å². The predicted molar refractivity (Wildman–Crippen MR) is 123 cm³/mol. The Morgan fingerprint density at radius 1 is 1.22 bits per heavy atom. The first-order valence-corrected chi connectivity index (χ1v) is 11.5. The Morgan fingerprint density at radius 2 is 1.88 bits per heavy atom. The Bertz CT molecular complexity index is 1040. The first kappa shape index (κ1) is 24.9. The molecule has 10 heteroatoms. The second-order valence-electron chi connectivity index (χ2n) is 7.46. The summed E-state index contributed by atoms with van der Waals surface area (Å²) >= 11 is 15.1. The smallest absolute Gasteiger partial charge is 0.373 e. The zero-order chi connectivity index (χ0) is 23.7. The van der Waals surface area contributed by atoms with Gasteiger partial charge in [0.05, 0.1) is 0 Å². The van der Waals surface area contributed by atoms with Crippen LogP contribution in [0.25, 0.3) is 0 Å². The van der Waals surface area contributed by atoms with Crippen molar-refractivity contribution in [3.05, 3.63) is 68.7 Å². The van der Waals surface area contributed by atoms with Crippen LogP contribution >= 0.6 is 39.1 Å². The van der Waals surface area contributed by atoms with E-state index in [1.807, 2.05) is 6.92 Å². The number of oxime groups is 1. The Balaban J connectivity index is 1.95. The summed E-state index contributed by atoms with van der Waals surface area (Å²) in [6.07, 6.45) is -3.03. The molecule has 2 aromatic rings. The molecule has 4 nitrogen and oxygen atoms in total. The molecule has 1 aliphatic rings. The summed E-state index contributed by atoms with van der Waals surface area (Å²) < 4.78 is 43.0. The van der Waals surface area contributed by atoms with Crippen LogP contribution in [0.2, 0.25) is 10.0 Å². The average molecular weight is 552 g/mol. The highest BCUT2D eigenvalue weighted by Gasteiger charge is 2.67. The van der Waals surface area contributed by atoms with E-state index in [0.717, 1.165) is 25.0 Å². The number of rotatable bonds is 6. The van der Waals surface area contributed by atoms with Crippen LogP contribution in [0.5, 0.6) is 0 Å². The number of aryl methyl sites for hydroxylation is 1. The van der Waals surface area contributed by atoms with Crippen molar-refractivity contribution in [1.82, 2.24) is 5.32 Å². The van der Waals surface area contributed by atoms with E-state index in [9.17, 15) is 18.0 Å². The summed E-state index contributed by atoms with van der Waals surface area (Å²) in [6.45, 7) is 4.29. The van der Waals surface area contributed by atoms with Crippen molar-refractivity contribution in [1.29, 1.82) is 0 Å². The second kappa shape index (κ2) is 9.61. The van der Waals surface area contributed by atoms with Crippen molar-refractivity contribution in [2.24, 2.45) is 5.16 Å². The minimum absolute atomic E-state index is 0.0412. The van der Waals surface area contributed by atoms with Crippen LogP contribution in [0.4, 0.5) is 13.2 Å². The van der Waals surface area contributed by atoms with E-state index >= 15 is 0 Å².